The quantitative estimate of drug-likeness (QED) is 0.695. The molecule has 2 rings (SSSR count). The number of carbonyl (C=O) groups is 1. The SMILES string of the molecule is CN(C(=O)c1ccc(Cl)cc1Br)C1CCCCC1Cl. The lowest BCUT2D eigenvalue weighted by molar-refractivity contribution is 0.0699. The summed E-state index contributed by atoms with van der Waals surface area (Å²) < 4.78 is 0.721. The summed E-state index contributed by atoms with van der Waals surface area (Å²) in [5.74, 6) is -0.0129. The topological polar surface area (TPSA) is 20.3 Å². The van der Waals surface area contributed by atoms with Crippen LogP contribution in [0.5, 0.6) is 0 Å². The third kappa shape index (κ3) is 3.45. The summed E-state index contributed by atoms with van der Waals surface area (Å²) in [6, 6.07) is 5.33. The lowest BCUT2D eigenvalue weighted by Gasteiger charge is -2.35. The average molecular weight is 365 g/mol. The minimum Gasteiger partial charge on any atom is -0.337 e. The Hall–Kier alpha value is -0.250. The lowest BCUT2D eigenvalue weighted by Crippen LogP contribution is -2.44. The van der Waals surface area contributed by atoms with Crippen LogP contribution < -0.4 is 0 Å². The molecule has 1 aliphatic carbocycles. The first-order valence-corrected chi connectivity index (χ1v) is 7.97. The van der Waals surface area contributed by atoms with Crippen LogP contribution in [0.25, 0.3) is 0 Å². The second kappa shape index (κ2) is 6.47. The van der Waals surface area contributed by atoms with E-state index < -0.39 is 0 Å². The maximum atomic E-state index is 12.5. The van der Waals surface area contributed by atoms with Gasteiger partial charge in [-0.15, -0.1) is 11.6 Å². The number of alkyl halides is 1. The van der Waals surface area contributed by atoms with Gasteiger partial charge in [-0.25, -0.2) is 0 Å². The van der Waals surface area contributed by atoms with Crippen molar-refractivity contribution in [3.8, 4) is 0 Å². The van der Waals surface area contributed by atoms with Gasteiger partial charge in [0, 0.05) is 22.6 Å². The number of rotatable bonds is 2. The molecule has 19 heavy (non-hydrogen) atoms. The Kier molecular flexibility index (Phi) is 5.15. The highest BCUT2D eigenvalue weighted by atomic mass is 79.9. The first kappa shape index (κ1) is 15.1. The molecule has 1 fully saturated rings. The number of carbonyl (C=O) groups excluding carboxylic acids is 1. The summed E-state index contributed by atoms with van der Waals surface area (Å²) in [5.41, 5.74) is 0.626. The Morgan fingerprint density at radius 3 is 2.68 bits per heavy atom. The molecule has 0 N–H and O–H groups in total. The highest BCUT2D eigenvalue weighted by molar-refractivity contribution is 9.10. The molecule has 0 aromatic heterocycles. The van der Waals surface area contributed by atoms with Crippen LogP contribution in [0.4, 0.5) is 0 Å². The van der Waals surface area contributed by atoms with E-state index in [1.807, 2.05) is 7.05 Å². The number of amides is 1. The fourth-order valence-electron chi connectivity index (χ4n) is 2.51. The first-order valence-electron chi connectivity index (χ1n) is 6.37. The fraction of sp³-hybridized carbons (Fsp3) is 0.500. The van der Waals surface area contributed by atoms with E-state index in [1.54, 1.807) is 23.1 Å². The van der Waals surface area contributed by atoms with Gasteiger partial charge in [-0.2, -0.15) is 0 Å². The van der Waals surface area contributed by atoms with Crippen molar-refractivity contribution in [2.24, 2.45) is 0 Å². The number of nitrogens with zero attached hydrogens (tertiary/aromatic N) is 1. The third-order valence-electron chi connectivity index (χ3n) is 3.63. The maximum Gasteiger partial charge on any atom is 0.255 e. The molecule has 1 saturated carbocycles. The Morgan fingerprint density at radius 1 is 1.37 bits per heavy atom. The van der Waals surface area contributed by atoms with Crippen LogP contribution in [-0.2, 0) is 0 Å². The largest absolute Gasteiger partial charge is 0.337 e. The van der Waals surface area contributed by atoms with Gasteiger partial charge in [-0.1, -0.05) is 24.4 Å². The average Bonchev–Trinajstić information content (AvgIpc) is 2.38. The molecule has 1 aliphatic rings. The van der Waals surface area contributed by atoms with E-state index in [0.717, 1.165) is 30.2 Å². The second-order valence-electron chi connectivity index (χ2n) is 4.91. The number of hydrogen-bond donors (Lipinski definition) is 0. The van der Waals surface area contributed by atoms with Crippen molar-refractivity contribution in [1.82, 2.24) is 4.90 Å². The smallest absolute Gasteiger partial charge is 0.255 e. The highest BCUT2D eigenvalue weighted by Crippen LogP contribution is 2.29. The molecule has 2 unspecified atom stereocenters. The Labute approximate surface area is 132 Å². The molecule has 0 bridgehead atoms. The minimum absolute atomic E-state index is 0.0129. The molecule has 5 heteroatoms. The van der Waals surface area contributed by atoms with Crippen LogP contribution in [0.3, 0.4) is 0 Å². The Balaban J connectivity index is 2.18. The second-order valence-corrected chi connectivity index (χ2v) is 6.76. The van der Waals surface area contributed by atoms with Crippen molar-refractivity contribution in [2.75, 3.05) is 7.05 Å². The van der Waals surface area contributed by atoms with Gasteiger partial charge in [-0.3, -0.25) is 4.79 Å². The molecule has 0 heterocycles. The molecule has 0 radical (unpaired) electrons. The molecule has 2 atom stereocenters. The van der Waals surface area contributed by atoms with Gasteiger partial charge in [-0.05, 0) is 47.0 Å². The lowest BCUT2D eigenvalue weighted by atomic mass is 9.93. The van der Waals surface area contributed by atoms with Crippen LogP contribution >= 0.6 is 39.1 Å². The zero-order chi connectivity index (χ0) is 14.0. The van der Waals surface area contributed by atoms with Crippen molar-refractivity contribution in [1.29, 1.82) is 0 Å². The minimum atomic E-state index is -0.0129. The molecule has 2 nitrogen and oxygen atoms in total. The van der Waals surface area contributed by atoms with E-state index >= 15 is 0 Å². The molecular weight excluding hydrogens is 349 g/mol. The van der Waals surface area contributed by atoms with E-state index in [1.165, 1.54) is 0 Å². The van der Waals surface area contributed by atoms with Gasteiger partial charge in [0.2, 0.25) is 0 Å². The van der Waals surface area contributed by atoms with E-state index in [2.05, 4.69) is 15.9 Å². The molecule has 1 amide bonds. The van der Waals surface area contributed by atoms with Crippen molar-refractivity contribution in [3.05, 3.63) is 33.3 Å². The van der Waals surface area contributed by atoms with Crippen LogP contribution in [-0.4, -0.2) is 29.3 Å². The summed E-state index contributed by atoms with van der Waals surface area (Å²) in [6.07, 6.45) is 4.23. The predicted molar refractivity (Wildman–Crippen MR) is 83.1 cm³/mol. The van der Waals surface area contributed by atoms with Crippen molar-refractivity contribution >= 4 is 45.0 Å². The number of halogens is 3. The van der Waals surface area contributed by atoms with E-state index in [-0.39, 0.29) is 17.3 Å². The molecule has 1 aromatic carbocycles. The standard InChI is InChI=1S/C14H16BrCl2NO/c1-18(13-5-3-2-4-12(13)17)14(19)10-7-6-9(16)8-11(10)15/h6-8,12-13H,2-5H2,1H3. The Morgan fingerprint density at radius 2 is 2.05 bits per heavy atom. The van der Waals surface area contributed by atoms with Crippen molar-refractivity contribution < 1.29 is 4.79 Å². The molecule has 0 aliphatic heterocycles. The maximum absolute atomic E-state index is 12.5. The van der Waals surface area contributed by atoms with Crippen molar-refractivity contribution in [3.63, 3.8) is 0 Å². The van der Waals surface area contributed by atoms with E-state index in [9.17, 15) is 4.79 Å². The van der Waals surface area contributed by atoms with Gasteiger partial charge in [0.15, 0.2) is 0 Å². The van der Waals surface area contributed by atoms with Gasteiger partial charge >= 0.3 is 0 Å². The summed E-state index contributed by atoms with van der Waals surface area (Å²) in [6.45, 7) is 0. The molecule has 104 valence electrons. The van der Waals surface area contributed by atoms with Gasteiger partial charge < -0.3 is 4.90 Å². The predicted octanol–water partition coefficient (Wildman–Crippen LogP) is 4.72. The summed E-state index contributed by atoms with van der Waals surface area (Å²) >= 11 is 15.6. The van der Waals surface area contributed by atoms with Crippen LogP contribution in [0.15, 0.2) is 22.7 Å². The van der Waals surface area contributed by atoms with E-state index in [4.69, 9.17) is 23.2 Å². The zero-order valence-corrected chi connectivity index (χ0v) is 13.8. The Bertz CT molecular complexity index is 481. The fourth-order valence-corrected chi connectivity index (χ4v) is 3.81. The highest BCUT2D eigenvalue weighted by Gasteiger charge is 2.30. The third-order valence-corrected chi connectivity index (χ3v) is 5.03. The molecular formula is C14H16BrCl2NO. The molecule has 0 spiro atoms. The summed E-state index contributed by atoms with van der Waals surface area (Å²) in [7, 11) is 1.83. The number of hydrogen-bond acceptors (Lipinski definition) is 1. The van der Waals surface area contributed by atoms with E-state index in [0.29, 0.717) is 10.6 Å². The normalized spacial score (nSPS) is 23.2. The van der Waals surface area contributed by atoms with Gasteiger partial charge in [0.1, 0.15) is 0 Å². The summed E-state index contributed by atoms with van der Waals surface area (Å²) in [4.78, 5) is 14.3. The monoisotopic (exact) mass is 363 g/mol. The number of benzene rings is 1. The molecule has 0 saturated heterocycles. The van der Waals surface area contributed by atoms with Crippen LogP contribution in [0, 0.1) is 0 Å². The van der Waals surface area contributed by atoms with Crippen LogP contribution in [0.2, 0.25) is 5.02 Å². The zero-order valence-electron chi connectivity index (χ0n) is 10.7. The van der Waals surface area contributed by atoms with Crippen LogP contribution in [0.1, 0.15) is 36.0 Å². The first-order chi connectivity index (χ1) is 9.00. The van der Waals surface area contributed by atoms with Gasteiger partial charge in [0.05, 0.1) is 10.9 Å². The molecule has 1 aromatic rings. The summed E-state index contributed by atoms with van der Waals surface area (Å²) in [5, 5.41) is 0.660. The van der Waals surface area contributed by atoms with Gasteiger partial charge in [0.25, 0.3) is 5.91 Å². The van der Waals surface area contributed by atoms with Crippen molar-refractivity contribution in [2.45, 2.75) is 37.1 Å².